The first-order valence-electron chi connectivity index (χ1n) is 11.5. The second-order valence-electron chi connectivity index (χ2n) is 9.01. The zero-order valence-corrected chi connectivity index (χ0v) is 19.1. The normalized spacial score (nSPS) is 19.9. The molecule has 164 valence electrons. The van der Waals surface area contributed by atoms with Gasteiger partial charge in [0, 0.05) is 17.5 Å². The molecule has 31 heavy (non-hydrogen) atoms. The second-order valence-corrected chi connectivity index (χ2v) is 9.86. The molecule has 0 aliphatic carbocycles. The number of imidazole rings is 1. The van der Waals surface area contributed by atoms with E-state index >= 15 is 0 Å². The van der Waals surface area contributed by atoms with Crippen LogP contribution < -0.4 is 5.69 Å². The van der Waals surface area contributed by atoms with Crippen molar-refractivity contribution in [2.45, 2.75) is 49.1 Å². The van der Waals surface area contributed by atoms with Gasteiger partial charge in [-0.3, -0.25) is 4.90 Å². The molecule has 5 nitrogen and oxygen atoms in total. The Morgan fingerprint density at radius 1 is 0.935 bits per heavy atom. The zero-order chi connectivity index (χ0) is 21.2. The Balaban J connectivity index is 1.13. The van der Waals surface area contributed by atoms with Gasteiger partial charge in [0.15, 0.2) is 0 Å². The van der Waals surface area contributed by atoms with Crippen LogP contribution in [0, 0.1) is 0 Å². The van der Waals surface area contributed by atoms with Crippen molar-refractivity contribution in [1.29, 1.82) is 0 Å². The van der Waals surface area contributed by atoms with Gasteiger partial charge in [-0.2, -0.15) is 0 Å². The number of benzene rings is 2. The van der Waals surface area contributed by atoms with Crippen molar-refractivity contribution >= 4 is 22.8 Å². The predicted octanol–water partition coefficient (Wildman–Crippen LogP) is 4.42. The molecule has 2 N–H and O–H groups in total. The Hall–Kier alpha value is -2.02. The number of likely N-dealkylation sites (tertiary alicyclic amines) is 2. The van der Waals surface area contributed by atoms with Gasteiger partial charge in [0.2, 0.25) is 0 Å². The minimum Gasteiger partial charge on any atom is -0.306 e. The molecule has 5 rings (SSSR count). The van der Waals surface area contributed by atoms with E-state index in [0.29, 0.717) is 5.92 Å². The molecule has 6 heteroatoms. The van der Waals surface area contributed by atoms with Crippen molar-refractivity contribution in [2.24, 2.45) is 0 Å². The number of nitrogens with zero attached hydrogens (tertiary/aromatic N) is 2. The van der Waals surface area contributed by atoms with Crippen molar-refractivity contribution in [1.82, 2.24) is 19.8 Å². The van der Waals surface area contributed by atoms with Crippen LogP contribution in [0.1, 0.15) is 42.7 Å². The summed E-state index contributed by atoms with van der Waals surface area (Å²) < 4.78 is 0. The Labute approximate surface area is 188 Å². The van der Waals surface area contributed by atoms with Crippen LogP contribution in [0.25, 0.3) is 11.0 Å². The average molecular weight is 437 g/mol. The van der Waals surface area contributed by atoms with E-state index in [1.807, 2.05) is 17.8 Å². The number of H-pyrrole nitrogens is 2. The molecule has 0 spiro atoms. The Bertz CT molecular complexity index is 1070. The summed E-state index contributed by atoms with van der Waals surface area (Å²) in [4.78, 5) is 24.0. The van der Waals surface area contributed by atoms with Crippen LogP contribution in [-0.4, -0.2) is 58.2 Å². The maximum Gasteiger partial charge on any atom is 0.323 e. The Morgan fingerprint density at radius 2 is 1.68 bits per heavy atom. The van der Waals surface area contributed by atoms with Crippen molar-refractivity contribution < 1.29 is 0 Å². The Kier molecular flexibility index (Phi) is 6.21. The van der Waals surface area contributed by atoms with E-state index in [-0.39, 0.29) is 5.69 Å². The van der Waals surface area contributed by atoms with Gasteiger partial charge >= 0.3 is 5.69 Å². The van der Waals surface area contributed by atoms with Crippen LogP contribution in [0.15, 0.2) is 52.2 Å². The van der Waals surface area contributed by atoms with E-state index in [4.69, 9.17) is 0 Å². The number of rotatable bonds is 5. The zero-order valence-electron chi connectivity index (χ0n) is 18.3. The van der Waals surface area contributed by atoms with Gasteiger partial charge < -0.3 is 14.9 Å². The molecule has 0 radical (unpaired) electrons. The minimum absolute atomic E-state index is 0.120. The number of piperidine rings is 2. The molecular weight excluding hydrogens is 404 g/mol. The lowest BCUT2D eigenvalue weighted by Gasteiger charge is -2.42. The van der Waals surface area contributed by atoms with Crippen molar-refractivity contribution in [2.75, 3.05) is 32.4 Å². The van der Waals surface area contributed by atoms with Crippen LogP contribution in [0.4, 0.5) is 0 Å². The highest BCUT2D eigenvalue weighted by Gasteiger charge is 2.29. The van der Waals surface area contributed by atoms with Gasteiger partial charge in [0.1, 0.15) is 0 Å². The molecular formula is C25H32N4OS. The summed E-state index contributed by atoms with van der Waals surface area (Å²) in [7, 11) is 0. The van der Waals surface area contributed by atoms with Crippen LogP contribution >= 0.6 is 11.8 Å². The number of hydrogen-bond donors (Lipinski definition) is 2. The summed E-state index contributed by atoms with van der Waals surface area (Å²) in [6.45, 7) is 5.85. The number of hydrogen-bond acceptors (Lipinski definition) is 4. The number of nitrogens with one attached hydrogen (secondary N) is 2. The first-order valence-corrected chi connectivity index (χ1v) is 12.7. The fourth-order valence-corrected chi connectivity index (χ4v) is 6.03. The lowest BCUT2D eigenvalue weighted by Crippen LogP contribution is -2.47. The molecule has 0 unspecified atom stereocenters. The van der Waals surface area contributed by atoms with E-state index in [1.54, 1.807) is 0 Å². The van der Waals surface area contributed by atoms with Gasteiger partial charge in [-0.25, -0.2) is 4.79 Å². The SMILES string of the molecule is CSc1ccccc1CN1CCC(N2CCC(c3ccc4[nH]c(=O)[nH]c4c3)CC2)CC1. The van der Waals surface area contributed by atoms with Gasteiger partial charge in [-0.05, 0) is 93.4 Å². The number of aromatic amines is 2. The van der Waals surface area contributed by atoms with Crippen LogP contribution in [0.5, 0.6) is 0 Å². The van der Waals surface area contributed by atoms with E-state index in [9.17, 15) is 4.79 Å². The summed E-state index contributed by atoms with van der Waals surface area (Å²) in [5.41, 5.74) is 4.54. The summed E-state index contributed by atoms with van der Waals surface area (Å²) >= 11 is 1.85. The van der Waals surface area contributed by atoms with Crippen LogP contribution in [0.3, 0.4) is 0 Å². The molecule has 3 aromatic rings. The quantitative estimate of drug-likeness (QED) is 0.581. The van der Waals surface area contributed by atoms with Gasteiger partial charge in [0.25, 0.3) is 0 Å². The highest BCUT2D eigenvalue weighted by atomic mass is 32.2. The van der Waals surface area contributed by atoms with E-state index in [0.717, 1.165) is 23.6 Å². The lowest BCUT2D eigenvalue weighted by atomic mass is 9.88. The molecule has 2 saturated heterocycles. The van der Waals surface area contributed by atoms with Crippen molar-refractivity contribution in [3.05, 3.63) is 64.1 Å². The molecule has 0 bridgehead atoms. The standard InChI is InChI=1S/C25H32N4OS/c1-31-24-5-3-2-4-20(24)17-28-12-10-21(11-13-28)29-14-8-18(9-15-29)19-6-7-22-23(16-19)27-25(30)26-22/h2-7,16,18,21H,8-15,17H2,1H3,(H2,26,27,30). The smallest absolute Gasteiger partial charge is 0.306 e. The third kappa shape index (κ3) is 4.61. The highest BCUT2D eigenvalue weighted by Crippen LogP contribution is 2.32. The number of thioether (sulfide) groups is 1. The minimum atomic E-state index is -0.120. The van der Waals surface area contributed by atoms with Gasteiger partial charge in [-0.15, -0.1) is 11.8 Å². The summed E-state index contributed by atoms with van der Waals surface area (Å²) in [5.74, 6) is 0.599. The largest absolute Gasteiger partial charge is 0.323 e. The predicted molar refractivity (Wildman–Crippen MR) is 129 cm³/mol. The fourth-order valence-electron chi connectivity index (χ4n) is 5.42. The monoisotopic (exact) mass is 436 g/mol. The van der Waals surface area contributed by atoms with Crippen molar-refractivity contribution in [3.63, 3.8) is 0 Å². The first kappa shape index (κ1) is 20.9. The average Bonchev–Trinajstić information content (AvgIpc) is 3.19. The summed E-state index contributed by atoms with van der Waals surface area (Å²) in [6.07, 6.45) is 7.15. The molecule has 2 aromatic carbocycles. The first-order chi connectivity index (χ1) is 15.2. The molecule has 1 aromatic heterocycles. The molecule has 0 saturated carbocycles. The van der Waals surface area contributed by atoms with E-state index < -0.39 is 0 Å². The summed E-state index contributed by atoms with van der Waals surface area (Å²) in [6, 6.07) is 16.0. The van der Waals surface area contributed by atoms with Gasteiger partial charge in [0.05, 0.1) is 11.0 Å². The molecule has 2 aliphatic rings. The maximum absolute atomic E-state index is 11.5. The van der Waals surface area contributed by atoms with Gasteiger partial charge in [-0.1, -0.05) is 24.3 Å². The summed E-state index contributed by atoms with van der Waals surface area (Å²) in [5, 5.41) is 0. The molecule has 2 fully saturated rings. The number of aromatic nitrogens is 2. The third-order valence-electron chi connectivity index (χ3n) is 7.20. The second kappa shape index (κ2) is 9.23. The van der Waals surface area contributed by atoms with E-state index in [1.165, 1.54) is 67.9 Å². The van der Waals surface area contributed by atoms with E-state index in [2.05, 4.69) is 62.4 Å². The highest BCUT2D eigenvalue weighted by molar-refractivity contribution is 7.98. The number of fused-ring (bicyclic) bond motifs is 1. The molecule has 0 amide bonds. The van der Waals surface area contributed by atoms with Crippen LogP contribution in [-0.2, 0) is 6.54 Å². The molecule has 2 aliphatic heterocycles. The molecule has 0 atom stereocenters. The molecule has 3 heterocycles. The fraction of sp³-hybridized carbons (Fsp3) is 0.480. The van der Waals surface area contributed by atoms with Crippen LogP contribution in [0.2, 0.25) is 0 Å². The topological polar surface area (TPSA) is 55.1 Å². The maximum atomic E-state index is 11.5. The Morgan fingerprint density at radius 3 is 2.45 bits per heavy atom. The van der Waals surface area contributed by atoms with Crippen molar-refractivity contribution in [3.8, 4) is 0 Å². The third-order valence-corrected chi connectivity index (χ3v) is 8.04. The lowest BCUT2D eigenvalue weighted by molar-refractivity contribution is 0.0843.